The zero-order valence-electron chi connectivity index (χ0n) is 10.8. The van der Waals surface area contributed by atoms with E-state index in [9.17, 15) is 24.5 Å². The Morgan fingerprint density at radius 1 is 1.38 bits per heavy atom. The Balaban J connectivity index is 3.02. The third-order valence-corrected chi connectivity index (χ3v) is 2.45. The van der Waals surface area contributed by atoms with Crippen molar-refractivity contribution in [3.63, 3.8) is 0 Å². The lowest BCUT2D eigenvalue weighted by Gasteiger charge is -2.13. The van der Waals surface area contributed by atoms with E-state index in [1.807, 2.05) is 0 Å². The first-order valence-electron chi connectivity index (χ1n) is 5.61. The summed E-state index contributed by atoms with van der Waals surface area (Å²) in [5.74, 6) is -2.16. The van der Waals surface area contributed by atoms with E-state index in [1.165, 1.54) is 6.92 Å². The van der Waals surface area contributed by atoms with Crippen molar-refractivity contribution in [2.75, 3.05) is 5.32 Å². The van der Waals surface area contributed by atoms with Crippen molar-refractivity contribution in [3.8, 4) is 0 Å². The lowest BCUT2D eigenvalue weighted by molar-refractivity contribution is -0.384. The van der Waals surface area contributed by atoms with E-state index in [-0.39, 0.29) is 5.69 Å². The molecular weight excluding hydrogens is 284 g/mol. The molecule has 3 amide bonds. The summed E-state index contributed by atoms with van der Waals surface area (Å²) in [6.45, 7) is 1.34. The van der Waals surface area contributed by atoms with Crippen molar-refractivity contribution < 1.29 is 24.4 Å². The summed E-state index contributed by atoms with van der Waals surface area (Å²) < 4.78 is 0. The summed E-state index contributed by atoms with van der Waals surface area (Å²) in [6, 6.07) is 1.05. The molecule has 0 heterocycles. The first-order chi connectivity index (χ1) is 9.72. The van der Waals surface area contributed by atoms with Gasteiger partial charge in [0.2, 0.25) is 5.91 Å². The Labute approximate surface area is 118 Å². The normalized spacial score (nSPS) is 11.3. The number of hydrogen-bond donors (Lipinski definition) is 4. The van der Waals surface area contributed by atoms with Gasteiger partial charge in [0.25, 0.3) is 5.69 Å². The summed E-state index contributed by atoms with van der Waals surface area (Å²) in [5.41, 5.74) is 3.86. The number of hydrogen-bond acceptors (Lipinski definition) is 5. The van der Waals surface area contributed by atoms with Crippen LogP contribution in [0.3, 0.4) is 0 Å². The molecule has 0 aliphatic carbocycles. The summed E-state index contributed by atoms with van der Waals surface area (Å²) in [6.07, 6.45) is 0. The van der Waals surface area contributed by atoms with Gasteiger partial charge in [-0.05, 0) is 13.0 Å². The lowest BCUT2D eigenvalue weighted by atomic mass is 10.1. The molecule has 10 nitrogen and oxygen atoms in total. The fourth-order valence-corrected chi connectivity index (χ4v) is 1.45. The van der Waals surface area contributed by atoms with Crippen LogP contribution in [-0.4, -0.2) is 34.0 Å². The summed E-state index contributed by atoms with van der Waals surface area (Å²) in [4.78, 5) is 43.3. The molecule has 1 unspecified atom stereocenters. The highest BCUT2D eigenvalue weighted by Crippen LogP contribution is 2.22. The minimum absolute atomic E-state index is 0.128. The number of non-ortho nitro benzene ring substituents is 1. The maximum Gasteiger partial charge on any atom is 0.338 e. The number of carboxylic acid groups (broad SMARTS) is 1. The second-order valence-electron chi connectivity index (χ2n) is 4.01. The molecule has 0 aromatic heterocycles. The number of benzene rings is 1. The van der Waals surface area contributed by atoms with Crippen molar-refractivity contribution in [3.05, 3.63) is 33.9 Å². The van der Waals surface area contributed by atoms with E-state index in [1.54, 1.807) is 0 Å². The molecule has 1 atom stereocenters. The van der Waals surface area contributed by atoms with Gasteiger partial charge in [0.1, 0.15) is 6.04 Å². The van der Waals surface area contributed by atoms with Crippen molar-refractivity contribution >= 4 is 29.3 Å². The number of amides is 3. The third-order valence-electron chi connectivity index (χ3n) is 2.45. The average Bonchev–Trinajstić information content (AvgIpc) is 2.37. The molecule has 10 heteroatoms. The van der Waals surface area contributed by atoms with Crippen molar-refractivity contribution in [1.29, 1.82) is 0 Å². The van der Waals surface area contributed by atoms with Crippen LogP contribution in [0, 0.1) is 10.1 Å². The number of nitro groups is 1. The number of carbonyl (C=O) groups excluding carboxylic acids is 2. The van der Waals surface area contributed by atoms with Gasteiger partial charge in [0.15, 0.2) is 0 Å². The highest BCUT2D eigenvalue weighted by molar-refractivity contribution is 6.03. The molecule has 1 rings (SSSR count). The average molecular weight is 296 g/mol. The van der Waals surface area contributed by atoms with E-state index < -0.39 is 40.1 Å². The van der Waals surface area contributed by atoms with Gasteiger partial charge >= 0.3 is 12.0 Å². The number of aromatic carboxylic acids is 1. The fourth-order valence-electron chi connectivity index (χ4n) is 1.45. The van der Waals surface area contributed by atoms with E-state index in [0.29, 0.717) is 0 Å². The minimum atomic E-state index is -1.44. The quantitative estimate of drug-likeness (QED) is 0.450. The van der Waals surface area contributed by atoms with E-state index in [0.717, 1.165) is 18.2 Å². The second kappa shape index (κ2) is 6.32. The molecule has 0 radical (unpaired) electrons. The third kappa shape index (κ3) is 4.16. The number of rotatable bonds is 5. The smallest absolute Gasteiger partial charge is 0.338 e. The van der Waals surface area contributed by atoms with Gasteiger partial charge in [-0.15, -0.1) is 0 Å². The van der Waals surface area contributed by atoms with Gasteiger partial charge in [-0.2, -0.15) is 0 Å². The molecule has 0 fully saturated rings. The molecule has 0 bridgehead atoms. The standard InChI is InChI=1S/C11H12N4O6/c1-5(13-11(12)19)9(16)14-8-3-2-6(15(20)21)4-7(8)10(17)18/h2-5H,1H3,(H,14,16)(H,17,18)(H3,12,13,19). The van der Waals surface area contributed by atoms with Crippen LogP contribution < -0.4 is 16.4 Å². The summed E-state index contributed by atoms with van der Waals surface area (Å²) in [5, 5.41) is 24.0. The lowest BCUT2D eigenvalue weighted by Crippen LogP contribution is -2.44. The second-order valence-corrected chi connectivity index (χ2v) is 4.01. The van der Waals surface area contributed by atoms with Crippen LogP contribution in [0.15, 0.2) is 18.2 Å². The Morgan fingerprint density at radius 2 is 2.00 bits per heavy atom. The molecule has 0 saturated carbocycles. The molecule has 21 heavy (non-hydrogen) atoms. The highest BCUT2D eigenvalue weighted by Gasteiger charge is 2.20. The first kappa shape index (κ1) is 15.9. The van der Waals surface area contributed by atoms with Crippen LogP contribution in [0.2, 0.25) is 0 Å². The first-order valence-corrected chi connectivity index (χ1v) is 5.61. The predicted octanol–water partition coefficient (Wildman–Crippen LogP) is 0.288. The SMILES string of the molecule is CC(NC(N)=O)C(=O)Nc1ccc([N+](=O)[O-])cc1C(=O)O. The van der Waals surface area contributed by atoms with Gasteiger partial charge in [-0.1, -0.05) is 0 Å². The molecule has 112 valence electrons. The van der Waals surface area contributed by atoms with Gasteiger partial charge in [0.05, 0.1) is 16.2 Å². The summed E-state index contributed by atoms with van der Waals surface area (Å²) >= 11 is 0. The molecule has 0 aliphatic heterocycles. The van der Waals surface area contributed by atoms with Crippen molar-refractivity contribution in [2.45, 2.75) is 13.0 Å². The van der Waals surface area contributed by atoms with Crippen molar-refractivity contribution in [2.24, 2.45) is 5.73 Å². The molecule has 0 aliphatic rings. The number of urea groups is 1. The molecule has 0 spiro atoms. The van der Waals surface area contributed by atoms with Gasteiger partial charge < -0.3 is 21.5 Å². The van der Waals surface area contributed by atoms with Gasteiger partial charge in [-0.3, -0.25) is 14.9 Å². The van der Waals surface area contributed by atoms with Crippen molar-refractivity contribution in [1.82, 2.24) is 5.32 Å². The van der Waals surface area contributed by atoms with Crippen LogP contribution in [0.5, 0.6) is 0 Å². The summed E-state index contributed by atoms with van der Waals surface area (Å²) in [7, 11) is 0. The number of nitro benzene ring substituents is 1. The van der Waals surface area contributed by atoms with Gasteiger partial charge in [-0.25, -0.2) is 9.59 Å². The number of carbonyl (C=O) groups is 3. The van der Waals surface area contributed by atoms with Crippen LogP contribution in [0.1, 0.15) is 17.3 Å². The topological polar surface area (TPSA) is 165 Å². The van der Waals surface area contributed by atoms with Crippen LogP contribution >= 0.6 is 0 Å². The Kier molecular flexibility index (Phi) is 4.78. The Bertz CT molecular complexity index is 615. The number of primary amides is 1. The van der Waals surface area contributed by atoms with E-state index in [2.05, 4.69) is 10.6 Å². The predicted molar refractivity (Wildman–Crippen MR) is 70.9 cm³/mol. The van der Waals surface area contributed by atoms with Crippen LogP contribution in [0.4, 0.5) is 16.2 Å². The monoisotopic (exact) mass is 296 g/mol. The Hall–Kier alpha value is -3.17. The molecule has 0 saturated heterocycles. The van der Waals surface area contributed by atoms with Crippen LogP contribution in [-0.2, 0) is 4.79 Å². The molecule has 1 aromatic carbocycles. The maximum atomic E-state index is 11.7. The number of nitrogens with one attached hydrogen (secondary N) is 2. The molecule has 1 aromatic rings. The number of carboxylic acids is 1. The highest BCUT2D eigenvalue weighted by atomic mass is 16.6. The molecular formula is C11H12N4O6. The van der Waals surface area contributed by atoms with E-state index in [4.69, 9.17) is 10.8 Å². The Morgan fingerprint density at radius 3 is 2.48 bits per heavy atom. The molecule has 5 N–H and O–H groups in total. The number of nitrogens with two attached hydrogens (primary N) is 1. The largest absolute Gasteiger partial charge is 0.478 e. The number of anilines is 1. The minimum Gasteiger partial charge on any atom is -0.478 e. The number of nitrogens with zero attached hydrogens (tertiary/aromatic N) is 1. The maximum absolute atomic E-state index is 11.7. The fraction of sp³-hybridized carbons (Fsp3) is 0.182. The van der Waals surface area contributed by atoms with Crippen LogP contribution in [0.25, 0.3) is 0 Å². The zero-order chi connectivity index (χ0) is 16.2. The van der Waals surface area contributed by atoms with E-state index >= 15 is 0 Å². The van der Waals surface area contributed by atoms with Gasteiger partial charge in [0, 0.05) is 12.1 Å². The zero-order valence-corrected chi connectivity index (χ0v) is 10.8.